The summed E-state index contributed by atoms with van der Waals surface area (Å²) in [5.74, 6) is 1.84. The molecule has 1 aromatic rings. The van der Waals surface area contributed by atoms with Crippen LogP contribution in [0.3, 0.4) is 0 Å². The number of ether oxygens (including phenoxy) is 2. The van der Waals surface area contributed by atoms with E-state index in [0.29, 0.717) is 23.0 Å². The third-order valence-corrected chi connectivity index (χ3v) is 4.69. The molecule has 2 aliphatic rings. The van der Waals surface area contributed by atoms with Gasteiger partial charge in [-0.1, -0.05) is 12.1 Å². The van der Waals surface area contributed by atoms with E-state index in [9.17, 15) is 4.79 Å². The van der Waals surface area contributed by atoms with Crippen LogP contribution in [0.4, 0.5) is 0 Å². The summed E-state index contributed by atoms with van der Waals surface area (Å²) >= 11 is 0. The zero-order valence-electron chi connectivity index (χ0n) is 13.7. The van der Waals surface area contributed by atoms with Gasteiger partial charge in [0.25, 0.3) is 5.91 Å². The Bertz CT molecular complexity index is 625. The molecule has 1 aromatic carbocycles. The summed E-state index contributed by atoms with van der Waals surface area (Å²) in [5.41, 5.74) is 7.59. The predicted octanol–water partition coefficient (Wildman–Crippen LogP) is 2.06. The van der Waals surface area contributed by atoms with Gasteiger partial charge in [-0.25, -0.2) is 0 Å². The van der Waals surface area contributed by atoms with Crippen LogP contribution in [0.5, 0.6) is 11.5 Å². The lowest BCUT2D eigenvalue weighted by atomic mass is 9.91. The van der Waals surface area contributed by atoms with Crippen molar-refractivity contribution in [1.29, 1.82) is 0 Å². The van der Waals surface area contributed by atoms with Gasteiger partial charge in [-0.3, -0.25) is 4.79 Å². The van der Waals surface area contributed by atoms with Crippen molar-refractivity contribution < 1.29 is 14.3 Å². The van der Waals surface area contributed by atoms with E-state index in [2.05, 4.69) is 0 Å². The summed E-state index contributed by atoms with van der Waals surface area (Å²) in [6.45, 7) is 3.83. The minimum absolute atomic E-state index is 0.0591. The number of carbonyl (C=O) groups excluding carboxylic acids is 1. The fourth-order valence-corrected chi connectivity index (χ4v) is 3.29. The van der Waals surface area contributed by atoms with Gasteiger partial charge in [0.1, 0.15) is 6.61 Å². The number of likely N-dealkylation sites (tertiary alicyclic amines) is 1. The highest BCUT2D eigenvalue weighted by atomic mass is 16.5. The number of rotatable bonds is 3. The molecule has 0 bridgehead atoms. The van der Waals surface area contributed by atoms with E-state index < -0.39 is 0 Å². The first-order chi connectivity index (χ1) is 11.1. The normalized spacial score (nSPS) is 21.8. The van der Waals surface area contributed by atoms with Crippen molar-refractivity contribution in [3.63, 3.8) is 0 Å². The number of hydrogen-bond donors (Lipinski definition) is 1. The fourth-order valence-electron chi connectivity index (χ4n) is 3.29. The molecule has 1 saturated heterocycles. The van der Waals surface area contributed by atoms with Gasteiger partial charge in [-0.05, 0) is 37.8 Å². The standard InChI is InChI=1S/C18H24N2O3/c1-12(19)14-6-4-8-20(10-14)18(21)15-9-13-5-3-7-16(22-2)17(13)23-11-15/h3,5,7,9,12,14H,4,6,8,10-11,19H2,1-2H3. The van der Waals surface area contributed by atoms with Crippen molar-refractivity contribution in [3.05, 3.63) is 29.3 Å². The third kappa shape index (κ3) is 3.20. The second-order valence-electron chi connectivity index (χ2n) is 6.35. The summed E-state index contributed by atoms with van der Waals surface area (Å²) in [7, 11) is 1.62. The molecule has 0 radical (unpaired) electrons. The molecule has 2 atom stereocenters. The van der Waals surface area contributed by atoms with Crippen molar-refractivity contribution >= 4 is 12.0 Å². The number of methoxy groups -OCH3 is 1. The Morgan fingerprint density at radius 2 is 2.30 bits per heavy atom. The van der Waals surface area contributed by atoms with Gasteiger partial charge in [0.15, 0.2) is 11.5 Å². The second-order valence-corrected chi connectivity index (χ2v) is 6.35. The van der Waals surface area contributed by atoms with Gasteiger partial charge >= 0.3 is 0 Å². The number of piperidine rings is 1. The molecule has 5 nitrogen and oxygen atoms in total. The zero-order chi connectivity index (χ0) is 16.4. The van der Waals surface area contributed by atoms with Crippen LogP contribution in [0.2, 0.25) is 0 Å². The average molecular weight is 316 g/mol. The molecule has 0 aliphatic carbocycles. The quantitative estimate of drug-likeness (QED) is 0.927. The minimum Gasteiger partial charge on any atom is -0.493 e. The molecule has 3 rings (SSSR count). The highest BCUT2D eigenvalue weighted by Gasteiger charge is 2.29. The molecule has 0 saturated carbocycles. The molecule has 1 fully saturated rings. The smallest absolute Gasteiger partial charge is 0.253 e. The molecular weight excluding hydrogens is 292 g/mol. The number of hydrogen-bond acceptors (Lipinski definition) is 4. The van der Waals surface area contributed by atoms with Crippen LogP contribution in [-0.4, -0.2) is 43.7 Å². The van der Waals surface area contributed by atoms with Gasteiger partial charge in [0.2, 0.25) is 0 Å². The number of nitrogens with zero attached hydrogens (tertiary/aromatic N) is 1. The van der Waals surface area contributed by atoms with Crippen molar-refractivity contribution in [2.45, 2.75) is 25.8 Å². The third-order valence-electron chi connectivity index (χ3n) is 4.69. The van der Waals surface area contributed by atoms with Crippen LogP contribution in [0, 0.1) is 5.92 Å². The summed E-state index contributed by atoms with van der Waals surface area (Å²) in [5, 5.41) is 0. The van der Waals surface area contributed by atoms with Crippen LogP contribution in [0.15, 0.2) is 23.8 Å². The number of para-hydroxylation sites is 1. The Kier molecular flexibility index (Phi) is 4.57. The second kappa shape index (κ2) is 6.62. The SMILES string of the molecule is COc1cccc2c1OCC(C(=O)N1CCCC(C(C)N)C1)=C2. The van der Waals surface area contributed by atoms with Crippen LogP contribution in [-0.2, 0) is 4.79 Å². The summed E-state index contributed by atoms with van der Waals surface area (Å²) in [6.07, 6.45) is 4.02. The van der Waals surface area contributed by atoms with Crippen molar-refractivity contribution in [2.24, 2.45) is 11.7 Å². The number of nitrogens with two attached hydrogens (primary N) is 1. The molecule has 2 aliphatic heterocycles. The van der Waals surface area contributed by atoms with Gasteiger partial charge in [-0.2, -0.15) is 0 Å². The lowest BCUT2D eigenvalue weighted by molar-refractivity contribution is -0.129. The van der Waals surface area contributed by atoms with Crippen molar-refractivity contribution in [3.8, 4) is 11.5 Å². The Morgan fingerprint density at radius 3 is 3.04 bits per heavy atom. The number of benzene rings is 1. The maximum Gasteiger partial charge on any atom is 0.253 e. The molecule has 0 aromatic heterocycles. The van der Waals surface area contributed by atoms with E-state index in [4.69, 9.17) is 15.2 Å². The highest BCUT2D eigenvalue weighted by molar-refractivity contribution is 5.99. The fraction of sp³-hybridized carbons (Fsp3) is 0.500. The molecule has 2 heterocycles. The monoisotopic (exact) mass is 316 g/mol. The first kappa shape index (κ1) is 15.9. The van der Waals surface area contributed by atoms with Gasteiger partial charge in [0, 0.05) is 24.7 Å². The Morgan fingerprint density at radius 1 is 1.48 bits per heavy atom. The van der Waals surface area contributed by atoms with E-state index in [1.807, 2.05) is 36.1 Å². The molecule has 2 unspecified atom stereocenters. The number of amides is 1. The highest BCUT2D eigenvalue weighted by Crippen LogP contribution is 2.36. The summed E-state index contributed by atoms with van der Waals surface area (Å²) in [6, 6.07) is 5.81. The lowest BCUT2D eigenvalue weighted by Gasteiger charge is -2.35. The predicted molar refractivity (Wildman–Crippen MR) is 89.4 cm³/mol. The number of carbonyl (C=O) groups is 1. The molecule has 5 heteroatoms. The maximum absolute atomic E-state index is 12.8. The average Bonchev–Trinajstić information content (AvgIpc) is 2.60. The molecule has 0 spiro atoms. The molecular formula is C18H24N2O3. The van der Waals surface area contributed by atoms with Crippen molar-refractivity contribution in [2.75, 3.05) is 26.8 Å². The Hall–Kier alpha value is -2.01. The molecule has 23 heavy (non-hydrogen) atoms. The summed E-state index contributed by atoms with van der Waals surface area (Å²) in [4.78, 5) is 14.7. The summed E-state index contributed by atoms with van der Waals surface area (Å²) < 4.78 is 11.1. The van der Waals surface area contributed by atoms with E-state index in [0.717, 1.165) is 31.5 Å². The zero-order valence-corrected chi connectivity index (χ0v) is 13.7. The first-order valence-electron chi connectivity index (χ1n) is 8.15. The topological polar surface area (TPSA) is 64.8 Å². The Labute approximate surface area is 137 Å². The van der Waals surface area contributed by atoms with E-state index in [1.165, 1.54) is 0 Å². The first-order valence-corrected chi connectivity index (χ1v) is 8.15. The van der Waals surface area contributed by atoms with E-state index in [1.54, 1.807) is 7.11 Å². The van der Waals surface area contributed by atoms with Crippen molar-refractivity contribution in [1.82, 2.24) is 4.90 Å². The number of fused-ring (bicyclic) bond motifs is 1. The largest absolute Gasteiger partial charge is 0.493 e. The maximum atomic E-state index is 12.8. The van der Waals surface area contributed by atoms with Gasteiger partial charge < -0.3 is 20.1 Å². The van der Waals surface area contributed by atoms with Crippen LogP contribution < -0.4 is 15.2 Å². The molecule has 1 amide bonds. The van der Waals surface area contributed by atoms with E-state index >= 15 is 0 Å². The Balaban J connectivity index is 1.79. The minimum atomic E-state index is 0.0591. The van der Waals surface area contributed by atoms with E-state index in [-0.39, 0.29) is 18.6 Å². The lowest BCUT2D eigenvalue weighted by Crippen LogP contribution is -2.46. The van der Waals surface area contributed by atoms with Gasteiger partial charge in [-0.15, -0.1) is 0 Å². The van der Waals surface area contributed by atoms with Gasteiger partial charge in [0.05, 0.1) is 12.7 Å². The molecule has 2 N–H and O–H groups in total. The van der Waals surface area contributed by atoms with Crippen LogP contribution in [0.25, 0.3) is 6.08 Å². The molecule has 124 valence electrons. The van der Waals surface area contributed by atoms with Crippen LogP contribution in [0.1, 0.15) is 25.3 Å². The van der Waals surface area contributed by atoms with Crippen LogP contribution >= 0.6 is 0 Å².